The summed E-state index contributed by atoms with van der Waals surface area (Å²) in [6, 6.07) is 40.7. The minimum atomic E-state index is -0.103. The Labute approximate surface area is 282 Å². The van der Waals surface area contributed by atoms with Crippen molar-refractivity contribution < 1.29 is 4.74 Å². The number of benzene rings is 6. The molecule has 0 atom stereocenters. The van der Waals surface area contributed by atoms with E-state index in [0.717, 1.165) is 11.5 Å². The van der Waals surface area contributed by atoms with Gasteiger partial charge in [-0.05, 0) is 93.0 Å². The summed E-state index contributed by atoms with van der Waals surface area (Å²) in [4.78, 5) is 7.81. The molecule has 0 bridgehead atoms. The van der Waals surface area contributed by atoms with Crippen molar-refractivity contribution in [3.8, 4) is 44.9 Å². The minimum absolute atomic E-state index is 0.0499. The molecule has 0 N–H and O–H groups in total. The largest absolute Gasteiger partial charge is 0.454 e. The van der Waals surface area contributed by atoms with Crippen LogP contribution in [0.25, 0.3) is 33.4 Å². The molecule has 2 aliphatic heterocycles. The number of ether oxygens (including phenoxy) is 1. The van der Waals surface area contributed by atoms with Gasteiger partial charge in [0.1, 0.15) is 11.5 Å². The zero-order valence-electron chi connectivity index (χ0n) is 26.0. The Balaban J connectivity index is 1.13. The van der Waals surface area contributed by atoms with Crippen molar-refractivity contribution in [3.05, 3.63) is 131 Å². The van der Waals surface area contributed by atoms with Crippen LogP contribution >= 0.6 is 35.3 Å². The van der Waals surface area contributed by atoms with Gasteiger partial charge in [-0.2, -0.15) is 0 Å². The molecule has 0 spiro atoms. The molecule has 10 rings (SSSR count). The van der Waals surface area contributed by atoms with E-state index in [4.69, 9.17) is 4.74 Å². The third kappa shape index (κ3) is 3.64. The predicted molar refractivity (Wildman–Crippen MR) is 192 cm³/mol. The van der Waals surface area contributed by atoms with Crippen LogP contribution in [0.3, 0.4) is 0 Å². The third-order valence-corrected chi connectivity index (χ3v) is 14.1. The molecule has 1 nitrogen and oxygen atoms in total. The van der Waals surface area contributed by atoms with Crippen LogP contribution < -0.4 is 4.74 Å². The molecule has 46 heavy (non-hydrogen) atoms. The van der Waals surface area contributed by atoms with Crippen LogP contribution in [0.5, 0.6) is 11.5 Å². The number of hydrogen-bond donors (Lipinski definition) is 0. The van der Waals surface area contributed by atoms with Gasteiger partial charge in [0, 0.05) is 41.5 Å². The summed E-state index contributed by atoms with van der Waals surface area (Å²) >= 11 is 5.65. The van der Waals surface area contributed by atoms with Crippen LogP contribution in [-0.2, 0) is 10.8 Å². The van der Waals surface area contributed by atoms with Gasteiger partial charge in [-0.3, -0.25) is 0 Å². The lowest BCUT2D eigenvalue weighted by atomic mass is 9.81. The van der Waals surface area contributed by atoms with Gasteiger partial charge >= 0.3 is 0 Å². The van der Waals surface area contributed by atoms with E-state index in [2.05, 4.69) is 137 Å². The second-order valence-electron chi connectivity index (χ2n) is 13.7. The zero-order chi connectivity index (χ0) is 30.9. The number of rotatable bonds is 1. The summed E-state index contributed by atoms with van der Waals surface area (Å²) in [5, 5.41) is 0. The van der Waals surface area contributed by atoms with E-state index < -0.39 is 0 Å². The van der Waals surface area contributed by atoms with E-state index in [1.165, 1.54) is 85.0 Å². The van der Waals surface area contributed by atoms with Crippen molar-refractivity contribution in [3.63, 3.8) is 0 Å². The zero-order valence-corrected chi connectivity index (χ0v) is 28.5. The van der Waals surface area contributed by atoms with Crippen LogP contribution in [-0.4, -0.2) is 0 Å². The highest BCUT2D eigenvalue weighted by atomic mass is 32.2. The first-order valence-corrected chi connectivity index (χ1v) is 18.3. The number of para-hydroxylation sites is 1. The highest BCUT2D eigenvalue weighted by Gasteiger charge is 2.41. The van der Waals surface area contributed by atoms with Crippen molar-refractivity contribution in [2.75, 3.05) is 0 Å². The molecule has 0 amide bonds. The van der Waals surface area contributed by atoms with Crippen molar-refractivity contribution in [1.29, 1.82) is 0 Å². The van der Waals surface area contributed by atoms with Crippen LogP contribution in [0.2, 0.25) is 0 Å². The highest BCUT2D eigenvalue weighted by Crippen LogP contribution is 2.61. The lowest BCUT2D eigenvalue weighted by Crippen LogP contribution is -2.15. The quantitative estimate of drug-likeness (QED) is 0.175. The van der Waals surface area contributed by atoms with Crippen LogP contribution in [0.1, 0.15) is 49.9 Å². The Morgan fingerprint density at radius 3 is 1.67 bits per heavy atom. The van der Waals surface area contributed by atoms with E-state index in [0.29, 0.717) is 0 Å². The third-order valence-electron chi connectivity index (χ3n) is 10.4. The minimum Gasteiger partial charge on any atom is -0.454 e. The van der Waals surface area contributed by atoms with Gasteiger partial charge in [0.05, 0.1) is 9.79 Å². The molecular weight excluding hydrogens is 617 g/mol. The molecule has 6 aromatic carbocycles. The predicted octanol–water partition coefficient (Wildman–Crippen LogP) is 12.8. The van der Waals surface area contributed by atoms with E-state index in [1.54, 1.807) is 0 Å². The maximum atomic E-state index is 6.69. The molecule has 0 saturated carbocycles. The first-order chi connectivity index (χ1) is 22.3. The Bertz CT molecular complexity index is 2170. The Morgan fingerprint density at radius 1 is 0.457 bits per heavy atom. The number of hydrogen-bond acceptors (Lipinski definition) is 4. The van der Waals surface area contributed by atoms with Crippen molar-refractivity contribution in [1.82, 2.24) is 0 Å². The fourth-order valence-electron chi connectivity index (χ4n) is 8.00. The molecule has 6 aromatic rings. The van der Waals surface area contributed by atoms with E-state index in [-0.39, 0.29) is 10.8 Å². The second-order valence-corrected chi connectivity index (χ2v) is 16.9. The van der Waals surface area contributed by atoms with Crippen LogP contribution in [0.15, 0.2) is 139 Å². The average molecular weight is 647 g/mol. The maximum absolute atomic E-state index is 6.69. The molecule has 0 aromatic heterocycles. The van der Waals surface area contributed by atoms with Crippen molar-refractivity contribution in [2.45, 2.75) is 67.9 Å². The molecule has 2 heterocycles. The van der Waals surface area contributed by atoms with E-state index >= 15 is 0 Å². The fraction of sp³-hybridized carbons (Fsp3) is 0.143. The fourth-order valence-corrected chi connectivity index (χ4v) is 11.4. The van der Waals surface area contributed by atoms with Gasteiger partial charge < -0.3 is 4.74 Å². The molecule has 0 fully saturated rings. The molecule has 2 aliphatic carbocycles. The van der Waals surface area contributed by atoms with Crippen molar-refractivity contribution >= 4 is 35.3 Å². The molecule has 4 aliphatic rings. The summed E-state index contributed by atoms with van der Waals surface area (Å²) in [6.07, 6.45) is 0. The summed E-state index contributed by atoms with van der Waals surface area (Å²) in [5.74, 6) is 1.94. The van der Waals surface area contributed by atoms with E-state index in [1.807, 2.05) is 35.3 Å². The average Bonchev–Trinajstić information content (AvgIpc) is 3.45. The topological polar surface area (TPSA) is 9.23 Å². The van der Waals surface area contributed by atoms with Gasteiger partial charge in [0.2, 0.25) is 0 Å². The smallest absolute Gasteiger partial charge is 0.149 e. The first-order valence-electron chi connectivity index (χ1n) is 15.8. The van der Waals surface area contributed by atoms with Gasteiger partial charge in [0.15, 0.2) is 0 Å². The highest BCUT2D eigenvalue weighted by molar-refractivity contribution is 8.05. The Kier molecular flexibility index (Phi) is 5.56. The van der Waals surface area contributed by atoms with Gasteiger partial charge in [-0.15, -0.1) is 0 Å². The second kappa shape index (κ2) is 9.38. The normalized spacial score (nSPS) is 16.5. The molecule has 0 unspecified atom stereocenters. The Hall–Kier alpha value is -3.83. The summed E-state index contributed by atoms with van der Waals surface area (Å²) in [5.41, 5.74) is 13.2. The first kappa shape index (κ1) is 27.3. The standard InChI is InChI=1S/C42H30OS3/c1-41(2)27-15-13-23(21-25(27)37-29(41)17-19-35-39(37)43-31-9-5-6-10-32(31)44-35)24-14-16-28-26(22-24)38-30(42(28,3)4)18-20-36-40(38)46-34-12-8-7-11-33(34)45-36/h5-22H,1-4H3. The molecule has 0 radical (unpaired) electrons. The summed E-state index contributed by atoms with van der Waals surface area (Å²) in [7, 11) is 0. The summed E-state index contributed by atoms with van der Waals surface area (Å²) < 4.78 is 6.69. The van der Waals surface area contributed by atoms with Crippen LogP contribution in [0.4, 0.5) is 0 Å². The Morgan fingerprint density at radius 2 is 0.978 bits per heavy atom. The molecule has 222 valence electrons. The van der Waals surface area contributed by atoms with Gasteiger partial charge in [-0.25, -0.2) is 0 Å². The maximum Gasteiger partial charge on any atom is 0.149 e. The summed E-state index contributed by atoms with van der Waals surface area (Å²) in [6.45, 7) is 9.45. The van der Waals surface area contributed by atoms with Crippen molar-refractivity contribution in [2.24, 2.45) is 0 Å². The molecule has 4 heteroatoms. The number of fused-ring (bicyclic) bond motifs is 12. The van der Waals surface area contributed by atoms with Crippen LogP contribution in [0, 0.1) is 0 Å². The molecular formula is C42H30OS3. The van der Waals surface area contributed by atoms with E-state index in [9.17, 15) is 0 Å². The molecule has 0 saturated heterocycles. The lowest BCUT2D eigenvalue weighted by molar-refractivity contribution is 0.455. The van der Waals surface area contributed by atoms with Gasteiger partial charge in [0.25, 0.3) is 0 Å². The lowest BCUT2D eigenvalue weighted by Gasteiger charge is -2.24. The van der Waals surface area contributed by atoms with Gasteiger partial charge in [-0.1, -0.05) is 124 Å². The monoisotopic (exact) mass is 646 g/mol. The SMILES string of the molecule is CC1(C)c2ccc(-c3ccc4c(c3)-c3c(ccc5c3Sc3ccccc3S5)C4(C)C)cc2-c2c1ccc1c2Oc2ccccc2S1.